The summed E-state index contributed by atoms with van der Waals surface area (Å²) in [4.78, 5) is 0. The molecule has 0 fully saturated rings. The summed E-state index contributed by atoms with van der Waals surface area (Å²) in [5.74, 6) is 0. The van der Waals surface area contributed by atoms with Gasteiger partial charge in [0.2, 0.25) is 0 Å². The predicted octanol–water partition coefficient (Wildman–Crippen LogP) is -0.191. The third kappa shape index (κ3) is 4.27. The normalized spacial score (nSPS) is 12.1. The van der Waals surface area contributed by atoms with Crippen molar-refractivity contribution >= 4 is 30.3 Å². The van der Waals surface area contributed by atoms with E-state index in [0.717, 1.165) is 6.42 Å². The largest absolute Gasteiger partial charge is 1.00 e. The van der Waals surface area contributed by atoms with Crippen LogP contribution < -0.4 is 9.41 Å². The molecular weight excluding hydrogens is 381 g/mol. The van der Waals surface area contributed by atoms with Gasteiger partial charge in [0.15, 0.2) is 0 Å². The molecule has 0 atom stereocenters. The van der Waals surface area contributed by atoms with E-state index in [9.17, 15) is 0 Å². The van der Waals surface area contributed by atoms with Crippen LogP contribution in [0.5, 0.6) is 0 Å². The Kier molecular flexibility index (Phi) is 7.70. The fraction of sp³-hybridized carbons (Fsp3) is 0.143. The van der Waals surface area contributed by atoms with Crippen LogP contribution >= 0.6 is 0 Å². The van der Waals surface area contributed by atoms with E-state index in [1.54, 1.807) is 24.2 Å². The molecule has 0 bridgehead atoms. The van der Waals surface area contributed by atoms with Crippen molar-refractivity contribution in [3.63, 3.8) is 0 Å². The SMILES string of the molecule is C1=CCC(c2cccc3c2[cH-]c2ccccc23)=C1.C[C](C)=[Zr+2].[F-].[F-]. The second-order valence-electron chi connectivity index (χ2n) is 5.82. The average Bonchev–Trinajstić information content (AvgIpc) is 3.14. The number of fused-ring (bicyclic) bond motifs is 3. The van der Waals surface area contributed by atoms with Crippen LogP contribution in [0.4, 0.5) is 0 Å². The van der Waals surface area contributed by atoms with Gasteiger partial charge >= 0.3 is 41.3 Å². The van der Waals surface area contributed by atoms with Crippen LogP contribution in [0.1, 0.15) is 25.8 Å². The molecule has 0 radical (unpaired) electrons. The van der Waals surface area contributed by atoms with Crippen molar-refractivity contribution in [2.75, 3.05) is 0 Å². The van der Waals surface area contributed by atoms with Crippen LogP contribution in [0.2, 0.25) is 0 Å². The van der Waals surface area contributed by atoms with Gasteiger partial charge in [0, 0.05) is 0 Å². The van der Waals surface area contributed by atoms with Gasteiger partial charge in [0.05, 0.1) is 0 Å². The molecular formula is C21H19F2Zr-. The fourth-order valence-electron chi connectivity index (χ4n) is 2.91. The van der Waals surface area contributed by atoms with Crippen molar-refractivity contribution in [1.82, 2.24) is 0 Å². The quantitative estimate of drug-likeness (QED) is 0.497. The van der Waals surface area contributed by atoms with E-state index in [1.807, 2.05) is 0 Å². The molecule has 0 spiro atoms. The van der Waals surface area contributed by atoms with E-state index < -0.39 is 0 Å². The van der Waals surface area contributed by atoms with Crippen molar-refractivity contribution < 1.29 is 33.6 Å². The number of hydrogen-bond donors (Lipinski definition) is 0. The van der Waals surface area contributed by atoms with Gasteiger partial charge in [-0.3, -0.25) is 0 Å². The van der Waals surface area contributed by atoms with Crippen molar-refractivity contribution in [3.05, 3.63) is 72.3 Å². The van der Waals surface area contributed by atoms with E-state index in [2.05, 4.69) is 80.6 Å². The van der Waals surface area contributed by atoms with Crippen LogP contribution in [0.25, 0.3) is 27.1 Å². The summed E-state index contributed by atoms with van der Waals surface area (Å²) >= 11 is 1.55. The Labute approximate surface area is 156 Å². The van der Waals surface area contributed by atoms with E-state index >= 15 is 0 Å². The van der Waals surface area contributed by atoms with Crippen molar-refractivity contribution in [1.29, 1.82) is 0 Å². The Balaban J connectivity index is 0.000000438. The first-order valence-electron chi connectivity index (χ1n) is 7.62. The van der Waals surface area contributed by atoms with Gasteiger partial charge in [-0.15, -0.1) is 33.7 Å². The number of hydrogen-bond acceptors (Lipinski definition) is 0. The van der Waals surface area contributed by atoms with Gasteiger partial charge in [-0.1, -0.05) is 65.8 Å². The Morgan fingerprint density at radius 1 is 0.958 bits per heavy atom. The van der Waals surface area contributed by atoms with Gasteiger partial charge in [0.1, 0.15) is 0 Å². The van der Waals surface area contributed by atoms with Gasteiger partial charge in [-0.05, 0) is 6.42 Å². The van der Waals surface area contributed by atoms with Crippen molar-refractivity contribution in [2.24, 2.45) is 0 Å². The topological polar surface area (TPSA) is 0 Å². The smallest absolute Gasteiger partial charge is 1.00 e. The molecule has 0 aromatic heterocycles. The summed E-state index contributed by atoms with van der Waals surface area (Å²) in [6, 6.07) is 17.6. The maximum Gasteiger partial charge on any atom is -1.00 e. The second-order valence-corrected chi connectivity index (χ2v) is 8.28. The maximum absolute atomic E-state index is 2.32. The zero-order valence-corrected chi connectivity index (χ0v) is 16.3. The van der Waals surface area contributed by atoms with Crippen LogP contribution in [0.3, 0.4) is 0 Å². The molecule has 0 aliphatic heterocycles. The van der Waals surface area contributed by atoms with Crippen molar-refractivity contribution in [3.8, 4) is 0 Å². The van der Waals surface area contributed by atoms with Crippen LogP contribution in [0.15, 0.2) is 66.8 Å². The van der Waals surface area contributed by atoms with E-state index in [0.29, 0.717) is 0 Å². The second kappa shape index (κ2) is 9.03. The van der Waals surface area contributed by atoms with Gasteiger partial charge < -0.3 is 9.41 Å². The first-order chi connectivity index (χ1) is 10.7. The first-order valence-corrected chi connectivity index (χ1v) is 8.84. The minimum Gasteiger partial charge on any atom is -1.00 e. The minimum atomic E-state index is 0. The summed E-state index contributed by atoms with van der Waals surface area (Å²) in [6.07, 6.45) is 7.65. The number of rotatable bonds is 1. The van der Waals surface area contributed by atoms with E-state index in [1.165, 1.54) is 35.9 Å². The molecule has 0 saturated heterocycles. The Morgan fingerprint density at radius 3 is 2.29 bits per heavy atom. The van der Waals surface area contributed by atoms with Gasteiger partial charge in [0.25, 0.3) is 0 Å². The Bertz CT molecular complexity index is 896. The summed E-state index contributed by atoms with van der Waals surface area (Å²) in [6.45, 7) is 4.25. The molecule has 122 valence electrons. The minimum absolute atomic E-state index is 0. The Morgan fingerprint density at radius 2 is 1.62 bits per heavy atom. The molecule has 0 nitrogen and oxygen atoms in total. The number of allylic oxidation sites excluding steroid dienone is 4. The summed E-state index contributed by atoms with van der Waals surface area (Å²) in [5.41, 5.74) is 2.81. The van der Waals surface area contributed by atoms with Crippen LogP contribution in [0, 0.1) is 0 Å². The summed E-state index contributed by atoms with van der Waals surface area (Å²) in [5, 5.41) is 5.46. The fourth-order valence-corrected chi connectivity index (χ4v) is 2.91. The van der Waals surface area contributed by atoms with E-state index in [-0.39, 0.29) is 9.41 Å². The molecule has 3 aromatic rings. The Hall–Kier alpha value is -1.60. The standard InChI is InChI=1S/C18H13.C3H6.2FH.Zr/c1-2-7-13(6-1)15-10-5-11-17-16-9-4-3-8-14(16)12-18(15)17;1-3-2;;;/h1-6,8-12H,7H2;1-2H3;2*1H;/q-1;;;;+2/p-2. The van der Waals surface area contributed by atoms with Gasteiger partial charge in [-0.25, -0.2) is 0 Å². The number of halogens is 2. The van der Waals surface area contributed by atoms with Crippen LogP contribution in [-0.4, -0.2) is 3.21 Å². The molecule has 0 amide bonds. The van der Waals surface area contributed by atoms with Crippen molar-refractivity contribution in [2.45, 2.75) is 20.3 Å². The van der Waals surface area contributed by atoms with Gasteiger partial charge in [-0.2, -0.15) is 0 Å². The molecule has 1 aliphatic carbocycles. The summed E-state index contributed by atoms with van der Waals surface area (Å²) in [7, 11) is 0. The molecule has 3 heteroatoms. The molecule has 3 aromatic carbocycles. The molecule has 0 unspecified atom stereocenters. The first kappa shape index (κ1) is 20.4. The third-order valence-electron chi connectivity index (χ3n) is 3.77. The predicted molar refractivity (Wildman–Crippen MR) is 95.1 cm³/mol. The monoisotopic (exact) mass is 399 g/mol. The molecule has 0 N–H and O–H groups in total. The van der Waals surface area contributed by atoms with E-state index in [4.69, 9.17) is 0 Å². The zero-order chi connectivity index (χ0) is 15.5. The molecule has 4 rings (SSSR count). The maximum atomic E-state index is 2.32. The number of benzene rings is 2. The third-order valence-corrected chi connectivity index (χ3v) is 3.77. The molecule has 1 aliphatic rings. The average molecular weight is 401 g/mol. The summed E-state index contributed by atoms with van der Waals surface area (Å²) < 4.78 is 1.51. The molecule has 0 heterocycles. The zero-order valence-electron chi connectivity index (χ0n) is 13.8. The molecule has 24 heavy (non-hydrogen) atoms. The molecule has 0 saturated carbocycles. The van der Waals surface area contributed by atoms with Crippen LogP contribution in [-0.2, 0) is 24.2 Å².